The van der Waals surface area contributed by atoms with E-state index in [1.165, 1.54) is 64.2 Å². The minimum atomic E-state index is 0.905. The van der Waals surface area contributed by atoms with Crippen molar-refractivity contribution in [3.8, 4) is 0 Å². The predicted octanol–water partition coefficient (Wildman–Crippen LogP) is 6.45. The van der Waals surface area contributed by atoms with Crippen LogP contribution in [0.2, 0.25) is 0 Å². The SMILES string of the molecule is CCCCCCCCC1CC(C)CCC1C(C)C. The molecule has 0 spiro atoms. The summed E-state index contributed by atoms with van der Waals surface area (Å²) in [6.07, 6.45) is 14.7. The van der Waals surface area contributed by atoms with Crippen LogP contribution in [0.15, 0.2) is 0 Å². The van der Waals surface area contributed by atoms with Gasteiger partial charge in [-0.2, -0.15) is 0 Å². The fourth-order valence-corrected chi connectivity index (χ4v) is 3.92. The first-order valence-electron chi connectivity index (χ1n) is 8.65. The molecular weight excluding hydrogens is 216 g/mol. The van der Waals surface area contributed by atoms with E-state index in [0.717, 1.165) is 23.7 Å². The van der Waals surface area contributed by atoms with Gasteiger partial charge in [-0.05, 0) is 36.5 Å². The Balaban J connectivity index is 2.20. The van der Waals surface area contributed by atoms with Gasteiger partial charge < -0.3 is 0 Å². The maximum atomic E-state index is 2.46. The Morgan fingerprint density at radius 1 is 0.944 bits per heavy atom. The highest BCUT2D eigenvalue weighted by Crippen LogP contribution is 2.40. The van der Waals surface area contributed by atoms with E-state index >= 15 is 0 Å². The standard InChI is InChI=1S/C18H36/c1-5-6-7-8-9-10-11-17-14-16(4)12-13-18(17)15(2)3/h15-18H,5-14H2,1-4H3. The quantitative estimate of drug-likeness (QED) is 0.436. The van der Waals surface area contributed by atoms with Crippen molar-refractivity contribution in [1.82, 2.24) is 0 Å². The molecule has 18 heavy (non-hydrogen) atoms. The molecule has 1 saturated carbocycles. The first-order valence-corrected chi connectivity index (χ1v) is 8.65. The van der Waals surface area contributed by atoms with Crippen molar-refractivity contribution < 1.29 is 0 Å². The monoisotopic (exact) mass is 252 g/mol. The molecule has 1 fully saturated rings. The molecule has 0 aromatic rings. The van der Waals surface area contributed by atoms with E-state index in [1.54, 1.807) is 0 Å². The average molecular weight is 252 g/mol. The second-order valence-electron chi connectivity index (χ2n) is 7.14. The number of hydrogen-bond acceptors (Lipinski definition) is 0. The van der Waals surface area contributed by atoms with Gasteiger partial charge in [-0.25, -0.2) is 0 Å². The lowest BCUT2D eigenvalue weighted by atomic mass is 9.68. The molecule has 3 atom stereocenters. The average Bonchev–Trinajstić information content (AvgIpc) is 2.33. The normalized spacial score (nSPS) is 28.8. The fourth-order valence-electron chi connectivity index (χ4n) is 3.92. The van der Waals surface area contributed by atoms with E-state index in [-0.39, 0.29) is 0 Å². The number of unbranched alkanes of at least 4 members (excludes halogenated alkanes) is 5. The number of hydrogen-bond donors (Lipinski definition) is 0. The summed E-state index contributed by atoms with van der Waals surface area (Å²) in [5, 5.41) is 0. The van der Waals surface area contributed by atoms with E-state index in [9.17, 15) is 0 Å². The van der Waals surface area contributed by atoms with Crippen LogP contribution in [0.25, 0.3) is 0 Å². The van der Waals surface area contributed by atoms with Crippen molar-refractivity contribution >= 4 is 0 Å². The van der Waals surface area contributed by atoms with Crippen LogP contribution in [-0.4, -0.2) is 0 Å². The maximum absolute atomic E-state index is 2.46. The van der Waals surface area contributed by atoms with Crippen molar-refractivity contribution in [2.75, 3.05) is 0 Å². The van der Waals surface area contributed by atoms with Crippen molar-refractivity contribution in [2.24, 2.45) is 23.7 Å². The molecule has 0 amide bonds. The summed E-state index contributed by atoms with van der Waals surface area (Å²) >= 11 is 0. The Hall–Kier alpha value is 0. The fraction of sp³-hybridized carbons (Fsp3) is 1.00. The first kappa shape index (κ1) is 16.1. The van der Waals surface area contributed by atoms with Gasteiger partial charge in [0.05, 0.1) is 0 Å². The van der Waals surface area contributed by atoms with Crippen molar-refractivity contribution in [2.45, 2.75) is 91.9 Å². The highest BCUT2D eigenvalue weighted by atomic mass is 14.3. The van der Waals surface area contributed by atoms with Gasteiger partial charge in [0.2, 0.25) is 0 Å². The van der Waals surface area contributed by atoms with Gasteiger partial charge in [-0.1, -0.05) is 79.1 Å². The first-order chi connectivity index (χ1) is 8.65. The molecular formula is C18H36. The van der Waals surface area contributed by atoms with Gasteiger partial charge in [-0.3, -0.25) is 0 Å². The topological polar surface area (TPSA) is 0 Å². The Labute approximate surface area is 116 Å². The van der Waals surface area contributed by atoms with Gasteiger partial charge >= 0.3 is 0 Å². The molecule has 0 aromatic carbocycles. The van der Waals surface area contributed by atoms with Crippen molar-refractivity contribution in [1.29, 1.82) is 0 Å². The molecule has 0 heterocycles. The molecule has 1 rings (SSSR count). The lowest BCUT2D eigenvalue weighted by Gasteiger charge is -2.37. The van der Waals surface area contributed by atoms with Crippen LogP contribution < -0.4 is 0 Å². The second-order valence-corrected chi connectivity index (χ2v) is 7.14. The lowest BCUT2D eigenvalue weighted by molar-refractivity contribution is 0.133. The Morgan fingerprint density at radius 3 is 2.28 bits per heavy atom. The zero-order valence-electron chi connectivity index (χ0n) is 13.4. The van der Waals surface area contributed by atoms with Crippen molar-refractivity contribution in [3.63, 3.8) is 0 Å². The molecule has 1 aliphatic carbocycles. The predicted molar refractivity (Wildman–Crippen MR) is 82.8 cm³/mol. The number of rotatable bonds is 8. The zero-order valence-corrected chi connectivity index (χ0v) is 13.4. The van der Waals surface area contributed by atoms with E-state index < -0.39 is 0 Å². The molecule has 0 nitrogen and oxygen atoms in total. The zero-order chi connectivity index (χ0) is 13.4. The summed E-state index contributed by atoms with van der Waals surface area (Å²) in [5.41, 5.74) is 0. The Kier molecular flexibility index (Phi) is 8.02. The third-order valence-corrected chi connectivity index (χ3v) is 5.09. The van der Waals surface area contributed by atoms with Crippen molar-refractivity contribution in [3.05, 3.63) is 0 Å². The van der Waals surface area contributed by atoms with E-state index in [2.05, 4.69) is 27.7 Å². The van der Waals surface area contributed by atoms with E-state index in [1.807, 2.05) is 0 Å². The summed E-state index contributed by atoms with van der Waals surface area (Å²) in [4.78, 5) is 0. The highest BCUT2D eigenvalue weighted by molar-refractivity contribution is 4.80. The van der Waals surface area contributed by atoms with Crippen LogP contribution in [0.4, 0.5) is 0 Å². The Bertz CT molecular complexity index is 194. The second kappa shape index (κ2) is 8.99. The summed E-state index contributed by atoms with van der Waals surface area (Å²) in [6.45, 7) is 9.64. The Morgan fingerprint density at radius 2 is 1.61 bits per heavy atom. The van der Waals surface area contributed by atoms with Crippen LogP contribution in [-0.2, 0) is 0 Å². The molecule has 1 aliphatic rings. The summed E-state index contributed by atoms with van der Waals surface area (Å²) in [5.74, 6) is 3.96. The molecule has 0 aliphatic heterocycles. The van der Waals surface area contributed by atoms with E-state index in [4.69, 9.17) is 0 Å². The molecule has 3 unspecified atom stereocenters. The minimum absolute atomic E-state index is 0.905. The van der Waals surface area contributed by atoms with Gasteiger partial charge in [0.15, 0.2) is 0 Å². The summed E-state index contributed by atoms with van der Waals surface area (Å²) in [7, 11) is 0. The molecule has 0 saturated heterocycles. The molecule has 0 radical (unpaired) electrons. The molecule has 108 valence electrons. The minimum Gasteiger partial charge on any atom is -0.0654 e. The maximum Gasteiger partial charge on any atom is -0.0362 e. The van der Waals surface area contributed by atoms with Crippen LogP contribution in [0, 0.1) is 23.7 Å². The van der Waals surface area contributed by atoms with Gasteiger partial charge in [0, 0.05) is 0 Å². The summed E-state index contributed by atoms with van der Waals surface area (Å²) in [6, 6.07) is 0. The van der Waals surface area contributed by atoms with Crippen LogP contribution in [0.3, 0.4) is 0 Å². The van der Waals surface area contributed by atoms with Crippen LogP contribution >= 0.6 is 0 Å². The smallest absolute Gasteiger partial charge is 0.0362 e. The molecule has 0 heteroatoms. The van der Waals surface area contributed by atoms with E-state index in [0.29, 0.717) is 0 Å². The third kappa shape index (κ3) is 5.76. The molecule has 0 aromatic heterocycles. The molecule has 0 bridgehead atoms. The summed E-state index contributed by atoms with van der Waals surface area (Å²) < 4.78 is 0. The van der Waals surface area contributed by atoms with Gasteiger partial charge in [-0.15, -0.1) is 0 Å². The lowest BCUT2D eigenvalue weighted by Crippen LogP contribution is -2.27. The van der Waals surface area contributed by atoms with Crippen LogP contribution in [0.1, 0.15) is 91.9 Å². The largest absolute Gasteiger partial charge is 0.0654 e. The third-order valence-electron chi connectivity index (χ3n) is 5.09. The highest BCUT2D eigenvalue weighted by Gasteiger charge is 2.29. The van der Waals surface area contributed by atoms with Gasteiger partial charge in [0.25, 0.3) is 0 Å². The molecule has 0 N–H and O–H groups in total. The van der Waals surface area contributed by atoms with Gasteiger partial charge in [0.1, 0.15) is 0 Å². The van der Waals surface area contributed by atoms with Crippen LogP contribution in [0.5, 0.6) is 0 Å².